The molecule has 11 heavy (non-hydrogen) atoms. The largest absolute Gasteiger partial charge is 0.383 e. The van der Waals surface area contributed by atoms with Crippen molar-refractivity contribution in [3.05, 3.63) is 34.7 Å². The van der Waals surface area contributed by atoms with Crippen LogP contribution in [0.2, 0.25) is 0 Å². The minimum atomic E-state index is -0.0375. The molecule has 0 bridgehead atoms. The molecular formula is C8H10NO2. The molecule has 0 aliphatic rings. The smallest absolute Gasteiger partial charge is 0.251 e. The van der Waals surface area contributed by atoms with Gasteiger partial charge in [0.05, 0.1) is 6.61 Å². The van der Waals surface area contributed by atoms with Crippen molar-refractivity contribution in [2.45, 2.75) is 6.54 Å². The molecule has 0 saturated heterocycles. The number of rotatable bonds is 3. The van der Waals surface area contributed by atoms with Crippen molar-refractivity contribution in [3.8, 4) is 0 Å². The molecule has 1 radical (unpaired) electrons. The molecule has 1 aromatic rings. The second-order valence-corrected chi connectivity index (χ2v) is 2.15. The summed E-state index contributed by atoms with van der Waals surface area (Å²) in [5, 5.41) is 0. The topological polar surface area (TPSA) is 31.2 Å². The number of methoxy groups -OCH3 is 1. The highest BCUT2D eigenvalue weighted by molar-refractivity contribution is 4.90. The van der Waals surface area contributed by atoms with E-state index in [1.807, 2.05) is 0 Å². The van der Waals surface area contributed by atoms with Crippen molar-refractivity contribution in [1.29, 1.82) is 0 Å². The van der Waals surface area contributed by atoms with Crippen LogP contribution in [-0.4, -0.2) is 18.3 Å². The summed E-state index contributed by atoms with van der Waals surface area (Å²) in [5.41, 5.74) is -0.0375. The van der Waals surface area contributed by atoms with Gasteiger partial charge in [0.15, 0.2) is 0 Å². The number of hydrogen-bond acceptors (Lipinski definition) is 2. The van der Waals surface area contributed by atoms with E-state index in [0.717, 1.165) is 0 Å². The molecule has 0 unspecified atom stereocenters. The molecule has 1 aromatic heterocycles. The van der Waals surface area contributed by atoms with Crippen LogP contribution in [0.5, 0.6) is 0 Å². The van der Waals surface area contributed by atoms with E-state index < -0.39 is 0 Å². The minimum absolute atomic E-state index is 0.0375. The zero-order valence-electron chi connectivity index (χ0n) is 6.41. The van der Waals surface area contributed by atoms with Crippen LogP contribution in [0, 0.1) is 6.07 Å². The summed E-state index contributed by atoms with van der Waals surface area (Å²) in [5.74, 6) is 0. The number of hydrogen-bond donors (Lipinski definition) is 0. The molecule has 0 aliphatic heterocycles. The second-order valence-electron chi connectivity index (χ2n) is 2.15. The van der Waals surface area contributed by atoms with E-state index in [2.05, 4.69) is 6.07 Å². The Labute approximate surface area is 65.2 Å². The first-order valence-corrected chi connectivity index (χ1v) is 3.40. The van der Waals surface area contributed by atoms with Crippen LogP contribution in [0.1, 0.15) is 0 Å². The normalized spacial score (nSPS) is 9.91. The summed E-state index contributed by atoms with van der Waals surface area (Å²) in [4.78, 5) is 11.0. The third kappa shape index (κ3) is 2.20. The van der Waals surface area contributed by atoms with Gasteiger partial charge in [-0.3, -0.25) is 4.79 Å². The van der Waals surface area contributed by atoms with Gasteiger partial charge < -0.3 is 9.30 Å². The molecule has 3 nitrogen and oxygen atoms in total. The lowest BCUT2D eigenvalue weighted by Crippen LogP contribution is -2.19. The zero-order chi connectivity index (χ0) is 8.10. The molecule has 1 rings (SSSR count). The summed E-state index contributed by atoms with van der Waals surface area (Å²) in [6.45, 7) is 1.16. The van der Waals surface area contributed by atoms with Gasteiger partial charge in [-0.1, -0.05) is 0 Å². The first-order valence-electron chi connectivity index (χ1n) is 3.40. The zero-order valence-corrected chi connectivity index (χ0v) is 6.41. The van der Waals surface area contributed by atoms with Gasteiger partial charge in [0.25, 0.3) is 5.56 Å². The Balaban J connectivity index is 2.70. The van der Waals surface area contributed by atoms with E-state index in [0.29, 0.717) is 13.2 Å². The highest BCUT2D eigenvalue weighted by Crippen LogP contribution is 1.80. The summed E-state index contributed by atoms with van der Waals surface area (Å²) < 4.78 is 6.41. The number of aromatic nitrogens is 1. The van der Waals surface area contributed by atoms with Crippen molar-refractivity contribution in [1.82, 2.24) is 4.57 Å². The average Bonchev–Trinajstić information content (AvgIpc) is 2.03. The van der Waals surface area contributed by atoms with Crippen LogP contribution in [0.15, 0.2) is 23.1 Å². The second kappa shape index (κ2) is 3.93. The maximum atomic E-state index is 11.0. The van der Waals surface area contributed by atoms with Gasteiger partial charge in [-0.05, 0) is 12.1 Å². The molecular weight excluding hydrogens is 142 g/mol. The fourth-order valence-electron chi connectivity index (χ4n) is 0.783. The van der Waals surface area contributed by atoms with Crippen LogP contribution in [-0.2, 0) is 11.3 Å². The van der Waals surface area contributed by atoms with Crippen LogP contribution in [0.3, 0.4) is 0 Å². The third-order valence-corrected chi connectivity index (χ3v) is 1.38. The monoisotopic (exact) mass is 152 g/mol. The fraction of sp³-hybridized carbons (Fsp3) is 0.375. The molecule has 0 amide bonds. The highest BCUT2D eigenvalue weighted by atomic mass is 16.5. The SMILES string of the molecule is COCCn1cc[c]cc1=O. The van der Waals surface area contributed by atoms with Gasteiger partial charge in [-0.15, -0.1) is 0 Å². The van der Waals surface area contributed by atoms with Crippen molar-refractivity contribution < 1.29 is 4.74 Å². The summed E-state index contributed by atoms with van der Waals surface area (Å²) in [7, 11) is 1.61. The minimum Gasteiger partial charge on any atom is -0.383 e. The fourth-order valence-corrected chi connectivity index (χ4v) is 0.783. The van der Waals surface area contributed by atoms with Crippen LogP contribution in [0.4, 0.5) is 0 Å². The standard InChI is InChI=1S/C8H10NO2/c1-11-7-6-9-5-3-2-4-8(9)10/h3-5H,6-7H2,1H3. The van der Waals surface area contributed by atoms with Crippen LogP contribution < -0.4 is 5.56 Å². The van der Waals surface area contributed by atoms with Crippen LogP contribution >= 0.6 is 0 Å². The Kier molecular flexibility index (Phi) is 2.86. The van der Waals surface area contributed by atoms with E-state index >= 15 is 0 Å². The van der Waals surface area contributed by atoms with Gasteiger partial charge in [0.2, 0.25) is 0 Å². The first-order chi connectivity index (χ1) is 5.34. The van der Waals surface area contributed by atoms with E-state index in [1.165, 1.54) is 6.07 Å². The van der Waals surface area contributed by atoms with Gasteiger partial charge in [0.1, 0.15) is 0 Å². The predicted octanol–water partition coefficient (Wildman–Crippen LogP) is 0.295. The molecule has 0 aromatic carbocycles. The molecule has 0 aliphatic carbocycles. The predicted molar refractivity (Wildman–Crippen MR) is 41.4 cm³/mol. The Morgan fingerprint density at radius 2 is 2.55 bits per heavy atom. The maximum absolute atomic E-state index is 11.0. The van der Waals surface area contributed by atoms with Gasteiger partial charge in [-0.25, -0.2) is 0 Å². The van der Waals surface area contributed by atoms with Crippen molar-refractivity contribution in [2.75, 3.05) is 13.7 Å². The van der Waals surface area contributed by atoms with E-state index in [1.54, 1.807) is 23.9 Å². The molecule has 59 valence electrons. The molecule has 3 heteroatoms. The summed E-state index contributed by atoms with van der Waals surface area (Å²) >= 11 is 0. The Bertz CT molecular complexity index is 267. The summed E-state index contributed by atoms with van der Waals surface area (Å²) in [6, 6.07) is 5.82. The van der Waals surface area contributed by atoms with E-state index in [9.17, 15) is 4.79 Å². The van der Waals surface area contributed by atoms with Crippen molar-refractivity contribution in [2.24, 2.45) is 0 Å². The Morgan fingerprint density at radius 1 is 1.73 bits per heavy atom. The van der Waals surface area contributed by atoms with E-state index in [4.69, 9.17) is 4.74 Å². The third-order valence-electron chi connectivity index (χ3n) is 1.38. The molecule has 0 atom stereocenters. The van der Waals surface area contributed by atoms with Crippen molar-refractivity contribution in [3.63, 3.8) is 0 Å². The molecule has 0 N–H and O–H groups in total. The molecule has 1 heterocycles. The quantitative estimate of drug-likeness (QED) is 0.623. The van der Waals surface area contributed by atoms with Gasteiger partial charge >= 0.3 is 0 Å². The lowest BCUT2D eigenvalue weighted by molar-refractivity contribution is 0.186. The number of ether oxygens (including phenoxy) is 1. The Hall–Kier alpha value is -1.09. The number of pyridine rings is 1. The first kappa shape index (κ1) is 8.01. The summed E-state index contributed by atoms with van der Waals surface area (Å²) in [6.07, 6.45) is 1.70. The lowest BCUT2D eigenvalue weighted by atomic mass is 10.5. The molecule has 0 fully saturated rings. The van der Waals surface area contributed by atoms with Gasteiger partial charge in [-0.2, -0.15) is 0 Å². The molecule has 0 saturated carbocycles. The highest BCUT2D eigenvalue weighted by Gasteiger charge is 1.90. The van der Waals surface area contributed by atoms with Gasteiger partial charge in [0, 0.05) is 25.9 Å². The Morgan fingerprint density at radius 3 is 3.18 bits per heavy atom. The van der Waals surface area contributed by atoms with Crippen LogP contribution in [0.25, 0.3) is 0 Å². The lowest BCUT2D eigenvalue weighted by Gasteiger charge is -2.01. The maximum Gasteiger partial charge on any atom is 0.251 e. The average molecular weight is 152 g/mol. The number of nitrogens with zero attached hydrogens (tertiary/aromatic N) is 1. The van der Waals surface area contributed by atoms with E-state index in [-0.39, 0.29) is 5.56 Å². The molecule has 0 spiro atoms. The van der Waals surface area contributed by atoms with Crippen molar-refractivity contribution >= 4 is 0 Å².